The highest BCUT2D eigenvalue weighted by molar-refractivity contribution is 8.05. The van der Waals surface area contributed by atoms with Gasteiger partial charge in [0.25, 0.3) is 5.91 Å². The summed E-state index contributed by atoms with van der Waals surface area (Å²) in [6.07, 6.45) is 0.357. The monoisotopic (exact) mass is 435 g/mol. The van der Waals surface area contributed by atoms with Gasteiger partial charge in [-0.1, -0.05) is 42.1 Å². The Morgan fingerprint density at radius 3 is 2.45 bits per heavy atom. The maximum Gasteiger partial charge on any atom is 0.338 e. The third kappa shape index (κ3) is 4.62. The Labute approximate surface area is 184 Å². The van der Waals surface area contributed by atoms with E-state index in [1.54, 1.807) is 43.3 Å². The molecular weight excluding hydrogens is 414 g/mol. The van der Waals surface area contributed by atoms with Gasteiger partial charge in [-0.3, -0.25) is 14.5 Å². The van der Waals surface area contributed by atoms with Gasteiger partial charge in [0.05, 0.1) is 23.1 Å². The van der Waals surface area contributed by atoms with E-state index in [-0.39, 0.29) is 16.5 Å². The number of primary amides is 1. The molecule has 0 aliphatic carbocycles. The predicted octanol–water partition coefficient (Wildman–Crippen LogP) is 3.08. The van der Waals surface area contributed by atoms with Crippen LogP contribution in [0.5, 0.6) is 0 Å². The van der Waals surface area contributed by atoms with Crippen molar-refractivity contribution in [1.29, 1.82) is 5.26 Å². The van der Waals surface area contributed by atoms with Crippen LogP contribution in [0.15, 0.2) is 59.1 Å². The van der Waals surface area contributed by atoms with Gasteiger partial charge in [0.1, 0.15) is 16.7 Å². The fraction of sp³-hybridized carbons (Fsp3) is 0.217. The number of nitriles is 1. The Bertz CT molecular complexity index is 1100. The molecule has 0 saturated carbocycles. The van der Waals surface area contributed by atoms with Gasteiger partial charge in [-0.2, -0.15) is 5.26 Å². The minimum atomic E-state index is -0.879. The lowest BCUT2D eigenvalue weighted by Gasteiger charge is -2.20. The van der Waals surface area contributed by atoms with Crippen molar-refractivity contribution in [2.75, 3.05) is 11.5 Å². The van der Waals surface area contributed by atoms with Gasteiger partial charge in [0.15, 0.2) is 0 Å². The van der Waals surface area contributed by atoms with Crippen LogP contribution in [0.4, 0.5) is 5.69 Å². The number of para-hydroxylation sites is 1. The Morgan fingerprint density at radius 1 is 1.19 bits per heavy atom. The number of carbonyl (C=O) groups is 3. The summed E-state index contributed by atoms with van der Waals surface area (Å²) in [4.78, 5) is 38.4. The predicted molar refractivity (Wildman–Crippen MR) is 118 cm³/mol. The first-order valence-electron chi connectivity index (χ1n) is 9.63. The zero-order valence-electron chi connectivity index (χ0n) is 17.1. The first kappa shape index (κ1) is 22.1. The first-order valence-corrected chi connectivity index (χ1v) is 10.5. The van der Waals surface area contributed by atoms with E-state index in [2.05, 4.69) is 0 Å². The molecule has 1 saturated heterocycles. The van der Waals surface area contributed by atoms with Crippen LogP contribution in [-0.4, -0.2) is 29.6 Å². The normalized spacial score (nSPS) is 17.3. The summed E-state index contributed by atoms with van der Waals surface area (Å²) in [5.41, 5.74) is 7.85. The van der Waals surface area contributed by atoms with Crippen molar-refractivity contribution in [1.82, 2.24) is 0 Å². The number of benzene rings is 2. The van der Waals surface area contributed by atoms with Crippen molar-refractivity contribution in [2.24, 2.45) is 5.73 Å². The number of carbonyl (C=O) groups excluding carboxylic acids is 3. The molecule has 2 N–H and O–H groups in total. The number of ether oxygens (including phenoxy) is 1. The molecule has 1 fully saturated rings. The van der Waals surface area contributed by atoms with Gasteiger partial charge in [-0.05, 0) is 49.6 Å². The van der Waals surface area contributed by atoms with Crippen LogP contribution in [0.2, 0.25) is 0 Å². The van der Waals surface area contributed by atoms with E-state index < -0.39 is 17.1 Å². The van der Waals surface area contributed by atoms with Gasteiger partial charge in [-0.25, -0.2) is 4.79 Å². The maximum absolute atomic E-state index is 13.3. The molecule has 2 aromatic carbocycles. The Kier molecular flexibility index (Phi) is 6.78. The third-order valence-electron chi connectivity index (χ3n) is 4.77. The van der Waals surface area contributed by atoms with Crippen molar-refractivity contribution in [3.05, 3.63) is 75.8 Å². The van der Waals surface area contributed by atoms with Gasteiger partial charge in [-0.15, -0.1) is 0 Å². The summed E-state index contributed by atoms with van der Waals surface area (Å²) in [7, 11) is 0. The molecule has 2 amide bonds. The molecule has 1 atom stereocenters. The topological polar surface area (TPSA) is 113 Å². The number of nitrogens with zero attached hydrogens (tertiary/aromatic N) is 2. The summed E-state index contributed by atoms with van der Waals surface area (Å²) in [6, 6.07) is 15.9. The third-order valence-corrected chi connectivity index (χ3v) is 6.03. The standard InChI is InChI=1S/C23H21N3O4S/c1-3-30-23(29)16-10-8-15(9-11-16)12-19-21(28)26(18-7-5-4-6-14(18)2)22(31-19)17(13-24)20(25)27/h4-11,19H,3,12H2,1-2H3,(H2,25,27)/b22-17+. The number of nitrogens with two attached hydrogens (primary N) is 1. The smallest absolute Gasteiger partial charge is 0.338 e. The molecule has 158 valence electrons. The number of rotatable bonds is 6. The van der Waals surface area contributed by atoms with Crippen LogP contribution in [0.3, 0.4) is 0 Å². The molecule has 3 rings (SSSR count). The molecule has 1 heterocycles. The second-order valence-corrected chi connectivity index (χ2v) is 8.04. The lowest BCUT2D eigenvalue weighted by molar-refractivity contribution is -0.117. The highest BCUT2D eigenvalue weighted by atomic mass is 32.2. The summed E-state index contributed by atoms with van der Waals surface area (Å²) >= 11 is 1.15. The fourth-order valence-electron chi connectivity index (χ4n) is 3.24. The second kappa shape index (κ2) is 9.49. The molecule has 2 aromatic rings. The minimum Gasteiger partial charge on any atom is -0.462 e. The number of hydrogen-bond acceptors (Lipinski definition) is 6. The van der Waals surface area contributed by atoms with E-state index >= 15 is 0 Å². The van der Waals surface area contributed by atoms with Gasteiger partial charge >= 0.3 is 5.97 Å². The number of thioether (sulfide) groups is 1. The van der Waals surface area contributed by atoms with E-state index in [9.17, 15) is 19.6 Å². The average molecular weight is 436 g/mol. The van der Waals surface area contributed by atoms with Crippen LogP contribution in [0, 0.1) is 18.3 Å². The summed E-state index contributed by atoms with van der Waals surface area (Å²) in [6.45, 7) is 3.88. The number of aryl methyl sites for hydroxylation is 1. The molecule has 7 nitrogen and oxygen atoms in total. The zero-order valence-corrected chi connectivity index (χ0v) is 17.9. The van der Waals surface area contributed by atoms with Gasteiger partial charge < -0.3 is 10.5 Å². The van der Waals surface area contributed by atoms with Crippen LogP contribution < -0.4 is 10.6 Å². The first-order chi connectivity index (χ1) is 14.9. The van der Waals surface area contributed by atoms with Crippen molar-refractivity contribution in [3.63, 3.8) is 0 Å². The molecule has 1 aliphatic heterocycles. The van der Waals surface area contributed by atoms with E-state index in [0.717, 1.165) is 22.9 Å². The largest absolute Gasteiger partial charge is 0.462 e. The van der Waals surface area contributed by atoms with E-state index in [0.29, 0.717) is 24.3 Å². The van der Waals surface area contributed by atoms with Crippen LogP contribution in [0.1, 0.15) is 28.4 Å². The van der Waals surface area contributed by atoms with Crippen LogP contribution in [-0.2, 0) is 20.7 Å². The van der Waals surface area contributed by atoms with E-state index in [1.165, 1.54) is 4.90 Å². The number of esters is 1. The molecule has 1 aliphatic rings. The van der Waals surface area contributed by atoms with Gasteiger partial charge in [0.2, 0.25) is 5.91 Å². The van der Waals surface area contributed by atoms with Crippen LogP contribution in [0.25, 0.3) is 0 Å². The molecule has 0 aromatic heterocycles. The van der Waals surface area contributed by atoms with E-state index in [4.69, 9.17) is 10.5 Å². The molecule has 1 unspecified atom stereocenters. The second-order valence-electron chi connectivity index (χ2n) is 6.84. The number of amides is 2. The van der Waals surface area contributed by atoms with Crippen molar-refractivity contribution in [2.45, 2.75) is 25.5 Å². The Hall–Kier alpha value is -3.57. The minimum absolute atomic E-state index is 0.238. The Balaban J connectivity index is 1.94. The van der Waals surface area contributed by atoms with Gasteiger partial charge in [0, 0.05) is 0 Å². The molecular formula is C23H21N3O4S. The quantitative estimate of drug-likeness (QED) is 0.424. The SMILES string of the molecule is CCOC(=O)c1ccc(CC2S/C(=C(\C#N)C(N)=O)N(c3ccccc3C)C2=O)cc1. The highest BCUT2D eigenvalue weighted by Gasteiger charge is 2.40. The number of anilines is 1. The van der Waals surface area contributed by atoms with E-state index in [1.807, 2.05) is 25.1 Å². The lowest BCUT2D eigenvalue weighted by atomic mass is 10.1. The van der Waals surface area contributed by atoms with Crippen molar-refractivity contribution < 1.29 is 19.1 Å². The van der Waals surface area contributed by atoms with Crippen molar-refractivity contribution in [3.8, 4) is 6.07 Å². The fourth-order valence-corrected chi connectivity index (χ4v) is 4.55. The molecule has 0 bridgehead atoms. The Morgan fingerprint density at radius 2 is 1.87 bits per heavy atom. The highest BCUT2D eigenvalue weighted by Crippen LogP contribution is 2.42. The molecule has 0 radical (unpaired) electrons. The lowest BCUT2D eigenvalue weighted by Crippen LogP contribution is -2.31. The number of hydrogen-bond donors (Lipinski definition) is 1. The summed E-state index contributed by atoms with van der Waals surface area (Å²) in [5, 5.41) is 9.16. The maximum atomic E-state index is 13.3. The molecule has 31 heavy (non-hydrogen) atoms. The summed E-state index contributed by atoms with van der Waals surface area (Å²) < 4.78 is 4.98. The summed E-state index contributed by atoms with van der Waals surface area (Å²) in [5.74, 6) is -1.52. The van der Waals surface area contributed by atoms with Crippen molar-refractivity contribution >= 4 is 35.2 Å². The molecule has 8 heteroatoms. The molecule has 0 spiro atoms. The van der Waals surface area contributed by atoms with Crippen LogP contribution >= 0.6 is 11.8 Å². The zero-order chi connectivity index (χ0) is 22.5. The average Bonchev–Trinajstić information content (AvgIpc) is 3.05.